The van der Waals surface area contributed by atoms with Crippen molar-refractivity contribution in [1.82, 2.24) is 0 Å². The zero-order valence-electron chi connectivity index (χ0n) is 11.0. The normalized spacial score (nSPS) is 14.2. The van der Waals surface area contributed by atoms with E-state index in [0.717, 1.165) is 11.5 Å². The molecule has 3 heteroatoms. The van der Waals surface area contributed by atoms with Crippen LogP contribution in [0.4, 0.5) is 0 Å². The van der Waals surface area contributed by atoms with Crippen LogP contribution in [0.3, 0.4) is 0 Å². The Labute approximate surface area is 108 Å². The van der Waals surface area contributed by atoms with Gasteiger partial charge in [-0.05, 0) is 56.2 Å². The van der Waals surface area contributed by atoms with Crippen molar-refractivity contribution < 1.29 is 9.15 Å². The van der Waals surface area contributed by atoms with Gasteiger partial charge in [0.05, 0.1) is 6.26 Å². The van der Waals surface area contributed by atoms with Crippen molar-refractivity contribution in [3.05, 3.63) is 53.5 Å². The number of nitrogens with two attached hydrogens (primary N) is 1. The van der Waals surface area contributed by atoms with E-state index in [-0.39, 0.29) is 12.1 Å². The van der Waals surface area contributed by atoms with Crippen molar-refractivity contribution >= 4 is 0 Å². The number of furan rings is 1. The minimum atomic E-state index is -0.263. The van der Waals surface area contributed by atoms with Gasteiger partial charge in [-0.3, -0.25) is 0 Å². The van der Waals surface area contributed by atoms with Crippen LogP contribution >= 0.6 is 0 Å². The van der Waals surface area contributed by atoms with Crippen LogP contribution in [0.25, 0.3) is 0 Å². The lowest BCUT2D eigenvalue weighted by molar-refractivity contribution is 0.153. The summed E-state index contributed by atoms with van der Waals surface area (Å²) in [5.74, 6) is 1.58. The topological polar surface area (TPSA) is 48.4 Å². The molecule has 2 unspecified atom stereocenters. The van der Waals surface area contributed by atoms with Crippen molar-refractivity contribution in [2.24, 2.45) is 5.73 Å². The number of aryl methyl sites for hydroxylation is 2. The van der Waals surface area contributed by atoms with Crippen LogP contribution in [-0.2, 0) is 0 Å². The van der Waals surface area contributed by atoms with Crippen molar-refractivity contribution in [2.75, 3.05) is 0 Å². The van der Waals surface area contributed by atoms with Gasteiger partial charge < -0.3 is 14.9 Å². The van der Waals surface area contributed by atoms with Crippen molar-refractivity contribution in [2.45, 2.75) is 32.9 Å². The van der Waals surface area contributed by atoms with Gasteiger partial charge in [0.1, 0.15) is 11.5 Å². The van der Waals surface area contributed by atoms with E-state index in [1.807, 2.05) is 45.0 Å². The number of hydrogen-bond acceptors (Lipinski definition) is 3. The summed E-state index contributed by atoms with van der Waals surface area (Å²) in [5.41, 5.74) is 8.31. The van der Waals surface area contributed by atoms with Gasteiger partial charge >= 0.3 is 0 Å². The maximum atomic E-state index is 5.97. The fourth-order valence-electron chi connectivity index (χ4n) is 2.03. The Morgan fingerprint density at radius 3 is 2.33 bits per heavy atom. The molecule has 1 aromatic carbocycles. The Morgan fingerprint density at radius 2 is 1.83 bits per heavy atom. The Morgan fingerprint density at radius 1 is 1.17 bits per heavy atom. The molecular weight excluding hydrogens is 226 g/mol. The second-order valence-corrected chi connectivity index (χ2v) is 4.74. The van der Waals surface area contributed by atoms with Gasteiger partial charge in [0.25, 0.3) is 0 Å². The second kappa shape index (κ2) is 5.27. The maximum absolute atomic E-state index is 5.97. The van der Waals surface area contributed by atoms with Crippen molar-refractivity contribution in [3.63, 3.8) is 0 Å². The van der Waals surface area contributed by atoms with E-state index < -0.39 is 0 Å². The first-order chi connectivity index (χ1) is 8.56. The first-order valence-corrected chi connectivity index (χ1v) is 6.10. The van der Waals surface area contributed by atoms with Gasteiger partial charge in [0.15, 0.2) is 6.10 Å². The number of hydrogen-bond donors (Lipinski definition) is 1. The molecule has 2 N–H and O–H groups in total. The van der Waals surface area contributed by atoms with Crippen LogP contribution in [0.5, 0.6) is 5.75 Å². The van der Waals surface area contributed by atoms with Crippen LogP contribution in [0, 0.1) is 13.8 Å². The SMILES string of the molecule is Cc1cc(C)cc(OC(c2ccco2)C(C)N)c1. The van der Waals surface area contributed by atoms with Crippen LogP contribution in [0.15, 0.2) is 41.0 Å². The molecule has 1 aromatic heterocycles. The summed E-state index contributed by atoms with van der Waals surface area (Å²) in [5, 5.41) is 0. The molecule has 2 rings (SSSR count). The molecule has 0 bridgehead atoms. The van der Waals surface area contributed by atoms with Crippen LogP contribution in [0.2, 0.25) is 0 Å². The summed E-state index contributed by atoms with van der Waals surface area (Å²) in [7, 11) is 0. The van der Waals surface area contributed by atoms with Gasteiger partial charge in [-0.15, -0.1) is 0 Å². The van der Waals surface area contributed by atoms with Gasteiger partial charge in [0, 0.05) is 6.04 Å². The smallest absolute Gasteiger partial charge is 0.171 e. The quantitative estimate of drug-likeness (QED) is 0.898. The zero-order valence-corrected chi connectivity index (χ0v) is 11.0. The highest BCUT2D eigenvalue weighted by Crippen LogP contribution is 2.26. The molecule has 0 aliphatic rings. The predicted molar refractivity (Wildman–Crippen MR) is 71.6 cm³/mol. The lowest BCUT2D eigenvalue weighted by atomic mass is 10.1. The average molecular weight is 245 g/mol. The summed E-state index contributed by atoms with van der Waals surface area (Å²) in [6, 6.07) is 9.71. The number of benzene rings is 1. The lowest BCUT2D eigenvalue weighted by Gasteiger charge is -2.21. The highest BCUT2D eigenvalue weighted by Gasteiger charge is 2.21. The summed E-state index contributed by atoms with van der Waals surface area (Å²) in [6.45, 7) is 6.01. The molecule has 0 aliphatic heterocycles. The first-order valence-electron chi connectivity index (χ1n) is 6.10. The third-order valence-electron chi connectivity index (χ3n) is 2.76. The number of ether oxygens (including phenoxy) is 1. The fraction of sp³-hybridized carbons (Fsp3) is 0.333. The van der Waals surface area contributed by atoms with E-state index in [1.165, 1.54) is 11.1 Å². The van der Waals surface area contributed by atoms with Crippen molar-refractivity contribution in [3.8, 4) is 5.75 Å². The molecule has 0 saturated heterocycles. The minimum absolute atomic E-state index is 0.142. The van der Waals surface area contributed by atoms with Crippen LogP contribution in [-0.4, -0.2) is 6.04 Å². The van der Waals surface area contributed by atoms with E-state index in [9.17, 15) is 0 Å². The molecule has 0 amide bonds. The monoisotopic (exact) mass is 245 g/mol. The maximum Gasteiger partial charge on any atom is 0.171 e. The molecule has 18 heavy (non-hydrogen) atoms. The van der Waals surface area contributed by atoms with Gasteiger partial charge in [-0.2, -0.15) is 0 Å². The molecule has 96 valence electrons. The van der Waals surface area contributed by atoms with E-state index in [0.29, 0.717) is 0 Å². The highest BCUT2D eigenvalue weighted by atomic mass is 16.5. The Bertz CT molecular complexity index is 483. The molecule has 0 radical (unpaired) electrons. The van der Waals surface area contributed by atoms with Gasteiger partial charge in [0.2, 0.25) is 0 Å². The Hall–Kier alpha value is -1.74. The summed E-state index contributed by atoms with van der Waals surface area (Å²) >= 11 is 0. The van der Waals surface area contributed by atoms with Gasteiger partial charge in [-0.1, -0.05) is 6.07 Å². The zero-order chi connectivity index (χ0) is 13.1. The minimum Gasteiger partial charge on any atom is -0.481 e. The highest BCUT2D eigenvalue weighted by molar-refractivity contribution is 5.33. The van der Waals surface area contributed by atoms with E-state index in [1.54, 1.807) is 6.26 Å². The predicted octanol–water partition coefficient (Wildman–Crippen LogP) is 3.36. The van der Waals surface area contributed by atoms with E-state index in [2.05, 4.69) is 6.07 Å². The van der Waals surface area contributed by atoms with Crippen LogP contribution in [0.1, 0.15) is 29.9 Å². The summed E-state index contributed by atoms with van der Waals surface area (Å²) in [6.07, 6.45) is 1.37. The lowest BCUT2D eigenvalue weighted by Crippen LogP contribution is -2.28. The molecule has 0 spiro atoms. The first kappa shape index (κ1) is 12.7. The molecular formula is C15H19NO2. The number of rotatable bonds is 4. The summed E-state index contributed by atoms with van der Waals surface area (Å²) in [4.78, 5) is 0. The largest absolute Gasteiger partial charge is 0.481 e. The molecule has 1 heterocycles. The Balaban J connectivity index is 2.24. The molecule has 0 aliphatic carbocycles. The Kier molecular flexibility index (Phi) is 3.72. The third kappa shape index (κ3) is 2.93. The molecule has 2 aromatic rings. The molecule has 3 nitrogen and oxygen atoms in total. The second-order valence-electron chi connectivity index (χ2n) is 4.74. The molecule has 0 saturated carbocycles. The molecule has 2 atom stereocenters. The van der Waals surface area contributed by atoms with Crippen LogP contribution < -0.4 is 10.5 Å². The third-order valence-corrected chi connectivity index (χ3v) is 2.76. The van der Waals surface area contributed by atoms with E-state index >= 15 is 0 Å². The molecule has 0 fully saturated rings. The van der Waals surface area contributed by atoms with Crippen molar-refractivity contribution in [1.29, 1.82) is 0 Å². The van der Waals surface area contributed by atoms with Gasteiger partial charge in [-0.25, -0.2) is 0 Å². The summed E-state index contributed by atoms with van der Waals surface area (Å²) < 4.78 is 11.3. The van der Waals surface area contributed by atoms with E-state index in [4.69, 9.17) is 14.9 Å². The fourth-order valence-corrected chi connectivity index (χ4v) is 2.03. The standard InChI is InChI=1S/C15H19NO2/c1-10-7-11(2)9-13(8-10)18-15(12(3)16)14-5-4-6-17-14/h4-9,12,15H,16H2,1-3H3. The average Bonchev–Trinajstić information content (AvgIpc) is 2.77.